The van der Waals surface area contributed by atoms with Crippen molar-refractivity contribution in [2.75, 3.05) is 39.5 Å². The Labute approximate surface area is 125 Å². The van der Waals surface area contributed by atoms with Crippen molar-refractivity contribution in [3.8, 4) is 5.88 Å². The average Bonchev–Trinajstić information content (AvgIpc) is 2.86. The number of nitrogens with zero attached hydrogens (tertiary/aromatic N) is 4. The van der Waals surface area contributed by atoms with E-state index in [1.165, 1.54) is 0 Å². The number of imidazole rings is 1. The number of fused-ring (bicyclic) bond motifs is 1. The monoisotopic (exact) mass is 340 g/mol. The van der Waals surface area contributed by atoms with Gasteiger partial charge in [-0.05, 0) is 28.4 Å². The molecule has 2 aromatic rings. The molecule has 3 heterocycles. The first-order valence-corrected chi connectivity index (χ1v) is 7.55. The van der Waals surface area contributed by atoms with E-state index in [0.29, 0.717) is 12.5 Å². The van der Waals surface area contributed by atoms with Gasteiger partial charge < -0.3 is 9.47 Å². The van der Waals surface area contributed by atoms with E-state index in [1.54, 1.807) is 10.7 Å². The molecule has 1 fully saturated rings. The average molecular weight is 341 g/mol. The van der Waals surface area contributed by atoms with Crippen molar-refractivity contribution < 1.29 is 9.47 Å². The van der Waals surface area contributed by atoms with Gasteiger partial charge in [-0.2, -0.15) is 0 Å². The van der Waals surface area contributed by atoms with Crippen molar-refractivity contribution in [1.29, 1.82) is 0 Å². The molecule has 1 aliphatic rings. The lowest BCUT2D eigenvalue weighted by atomic mass is 10.3. The second kappa shape index (κ2) is 6.51. The second-order valence-electron chi connectivity index (χ2n) is 4.68. The van der Waals surface area contributed by atoms with Crippen molar-refractivity contribution >= 4 is 21.6 Å². The van der Waals surface area contributed by atoms with Gasteiger partial charge in [0.25, 0.3) is 0 Å². The molecule has 0 saturated carbocycles. The molecule has 20 heavy (non-hydrogen) atoms. The Bertz CT molecular complexity index is 568. The van der Waals surface area contributed by atoms with Crippen LogP contribution in [-0.4, -0.2) is 59.0 Å². The summed E-state index contributed by atoms with van der Waals surface area (Å²) >= 11 is 3.40. The van der Waals surface area contributed by atoms with Crippen LogP contribution in [-0.2, 0) is 4.74 Å². The molecule has 0 amide bonds. The summed E-state index contributed by atoms with van der Waals surface area (Å²) in [4.78, 5) is 6.60. The van der Waals surface area contributed by atoms with Crippen LogP contribution in [0, 0.1) is 0 Å². The van der Waals surface area contributed by atoms with Gasteiger partial charge in [0.15, 0.2) is 5.65 Å². The zero-order valence-electron chi connectivity index (χ0n) is 11.2. The van der Waals surface area contributed by atoms with Gasteiger partial charge in [0.2, 0.25) is 5.88 Å². The molecule has 0 radical (unpaired) electrons. The maximum absolute atomic E-state index is 5.69. The Morgan fingerprint density at radius 2 is 2.15 bits per heavy atom. The quantitative estimate of drug-likeness (QED) is 0.773. The van der Waals surface area contributed by atoms with E-state index in [0.717, 1.165) is 49.5 Å². The van der Waals surface area contributed by atoms with Crippen LogP contribution >= 0.6 is 15.9 Å². The summed E-state index contributed by atoms with van der Waals surface area (Å²) in [5.74, 6) is 0.623. The number of halogens is 1. The summed E-state index contributed by atoms with van der Waals surface area (Å²) in [5.41, 5.74) is 0.803. The Morgan fingerprint density at radius 3 is 3.00 bits per heavy atom. The van der Waals surface area contributed by atoms with E-state index in [2.05, 4.69) is 30.9 Å². The highest BCUT2D eigenvalue weighted by Crippen LogP contribution is 2.14. The van der Waals surface area contributed by atoms with Crippen molar-refractivity contribution in [2.24, 2.45) is 0 Å². The van der Waals surface area contributed by atoms with E-state index >= 15 is 0 Å². The molecular formula is C13H17BrN4O2. The lowest BCUT2D eigenvalue weighted by Crippen LogP contribution is -2.37. The first-order valence-electron chi connectivity index (χ1n) is 6.76. The molecular weight excluding hydrogens is 324 g/mol. The number of aromatic nitrogens is 3. The Kier molecular flexibility index (Phi) is 4.49. The largest absolute Gasteiger partial charge is 0.477 e. The van der Waals surface area contributed by atoms with E-state index in [4.69, 9.17) is 9.47 Å². The highest BCUT2D eigenvalue weighted by molar-refractivity contribution is 9.10. The molecule has 0 atom stereocenters. The van der Waals surface area contributed by atoms with Crippen LogP contribution in [0.5, 0.6) is 5.88 Å². The first kappa shape index (κ1) is 13.8. The van der Waals surface area contributed by atoms with Crippen LogP contribution in [0.25, 0.3) is 5.65 Å². The van der Waals surface area contributed by atoms with E-state index in [1.807, 2.05) is 12.1 Å². The Morgan fingerprint density at radius 1 is 1.30 bits per heavy atom. The van der Waals surface area contributed by atoms with Gasteiger partial charge in [0.05, 0.1) is 26.0 Å². The predicted molar refractivity (Wildman–Crippen MR) is 78.1 cm³/mol. The molecule has 0 aromatic carbocycles. The van der Waals surface area contributed by atoms with Gasteiger partial charge in [-0.1, -0.05) is 0 Å². The Balaban J connectivity index is 1.48. The third-order valence-electron chi connectivity index (χ3n) is 3.27. The molecule has 7 heteroatoms. The fourth-order valence-electron chi connectivity index (χ4n) is 2.20. The normalized spacial score (nSPS) is 16.6. The lowest BCUT2D eigenvalue weighted by molar-refractivity contribution is 0.0357. The molecule has 6 nitrogen and oxygen atoms in total. The predicted octanol–water partition coefficient (Wildman–Crippen LogP) is 1.59. The lowest BCUT2D eigenvalue weighted by Gasteiger charge is -2.26. The number of rotatable bonds is 5. The van der Waals surface area contributed by atoms with E-state index in [-0.39, 0.29) is 0 Å². The van der Waals surface area contributed by atoms with E-state index in [9.17, 15) is 0 Å². The maximum Gasteiger partial charge on any atom is 0.231 e. The van der Waals surface area contributed by atoms with Crippen molar-refractivity contribution in [3.05, 3.63) is 22.9 Å². The molecule has 0 N–H and O–H groups in total. The minimum Gasteiger partial charge on any atom is -0.477 e. The van der Waals surface area contributed by atoms with Crippen LogP contribution < -0.4 is 4.74 Å². The van der Waals surface area contributed by atoms with Crippen LogP contribution in [0.1, 0.15) is 6.42 Å². The highest BCUT2D eigenvalue weighted by atomic mass is 79.9. The van der Waals surface area contributed by atoms with Crippen molar-refractivity contribution in [3.63, 3.8) is 0 Å². The zero-order chi connectivity index (χ0) is 13.8. The van der Waals surface area contributed by atoms with Gasteiger partial charge in [-0.15, -0.1) is 5.10 Å². The summed E-state index contributed by atoms with van der Waals surface area (Å²) < 4.78 is 13.6. The van der Waals surface area contributed by atoms with Crippen LogP contribution in [0.3, 0.4) is 0 Å². The summed E-state index contributed by atoms with van der Waals surface area (Å²) in [7, 11) is 0. The van der Waals surface area contributed by atoms with E-state index < -0.39 is 0 Å². The smallest absolute Gasteiger partial charge is 0.231 e. The van der Waals surface area contributed by atoms with Gasteiger partial charge in [0.1, 0.15) is 4.60 Å². The van der Waals surface area contributed by atoms with Crippen molar-refractivity contribution in [1.82, 2.24) is 19.5 Å². The van der Waals surface area contributed by atoms with Gasteiger partial charge in [0, 0.05) is 25.7 Å². The topological polar surface area (TPSA) is 51.9 Å². The molecule has 0 spiro atoms. The summed E-state index contributed by atoms with van der Waals surface area (Å²) in [6.45, 7) is 5.43. The number of hydrogen-bond donors (Lipinski definition) is 0. The molecule has 2 aromatic heterocycles. The number of ether oxygens (including phenoxy) is 2. The number of morpholine rings is 1. The number of hydrogen-bond acceptors (Lipinski definition) is 5. The summed E-state index contributed by atoms with van der Waals surface area (Å²) in [6.07, 6.45) is 2.72. The molecule has 3 rings (SSSR count). The standard InChI is InChI=1S/C13H17BrN4O2/c14-11-10-15-12-2-3-13(16-18(11)12)20-7-1-4-17-5-8-19-9-6-17/h2-3,10H,1,4-9H2. The zero-order valence-corrected chi connectivity index (χ0v) is 12.8. The summed E-state index contributed by atoms with van der Waals surface area (Å²) in [5, 5.41) is 4.37. The van der Waals surface area contributed by atoms with Gasteiger partial charge in [-0.3, -0.25) is 4.90 Å². The molecule has 0 unspecified atom stereocenters. The van der Waals surface area contributed by atoms with Crippen LogP contribution in [0.15, 0.2) is 22.9 Å². The molecule has 0 bridgehead atoms. The molecule has 1 aliphatic heterocycles. The maximum atomic E-state index is 5.69. The molecule has 0 aliphatic carbocycles. The van der Waals surface area contributed by atoms with Gasteiger partial charge in [-0.25, -0.2) is 9.50 Å². The summed E-state index contributed by atoms with van der Waals surface area (Å²) in [6, 6.07) is 3.75. The fraction of sp³-hybridized carbons (Fsp3) is 0.538. The Hall–Kier alpha value is -1.18. The SMILES string of the molecule is Brc1cnc2ccc(OCCCN3CCOCC3)nn12. The van der Waals surface area contributed by atoms with Crippen LogP contribution in [0.4, 0.5) is 0 Å². The second-order valence-corrected chi connectivity index (χ2v) is 5.49. The third-order valence-corrected chi connectivity index (χ3v) is 3.81. The van der Waals surface area contributed by atoms with Crippen LogP contribution in [0.2, 0.25) is 0 Å². The van der Waals surface area contributed by atoms with Crippen molar-refractivity contribution in [2.45, 2.75) is 6.42 Å². The fourth-order valence-corrected chi connectivity index (χ4v) is 2.56. The molecule has 108 valence electrons. The third kappa shape index (κ3) is 3.28. The minimum absolute atomic E-state index is 0.623. The minimum atomic E-state index is 0.623. The molecule has 1 saturated heterocycles. The van der Waals surface area contributed by atoms with Gasteiger partial charge >= 0.3 is 0 Å². The first-order chi connectivity index (χ1) is 9.83. The highest BCUT2D eigenvalue weighted by Gasteiger charge is 2.09.